The molecule has 1 aromatic carbocycles. The van der Waals surface area contributed by atoms with Crippen LogP contribution in [0.25, 0.3) is 0 Å². The largest absolute Gasteiger partial charge is 0.355 e. The second kappa shape index (κ2) is 5.66. The summed E-state index contributed by atoms with van der Waals surface area (Å²) in [6, 6.07) is 10.5. The first-order valence-corrected chi connectivity index (χ1v) is 5.87. The van der Waals surface area contributed by atoms with E-state index in [1.165, 1.54) is 5.56 Å². The van der Waals surface area contributed by atoms with Crippen LogP contribution in [-0.2, 0) is 11.2 Å². The van der Waals surface area contributed by atoms with Crippen LogP contribution in [0.15, 0.2) is 30.3 Å². The Hall–Kier alpha value is -1.35. The van der Waals surface area contributed by atoms with Gasteiger partial charge in [0, 0.05) is 32.6 Å². The Morgan fingerprint density at radius 3 is 2.81 bits per heavy atom. The fourth-order valence-electron chi connectivity index (χ4n) is 1.97. The van der Waals surface area contributed by atoms with Crippen molar-refractivity contribution in [2.75, 3.05) is 26.2 Å². The van der Waals surface area contributed by atoms with Gasteiger partial charge in [0.1, 0.15) is 0 Å². The Morgan fingerprint density at radius 1 is 1.19 bits per heavy atom. The van der Waals surface area contributed by atoms with Crippen LogP contribution >= 0.6 is 0 Å². The average Bonchev–Trinajstić information content (AvgIpc) is 2.53. The van der Waals surface area contributed by atoms with E-state index in [4.69, 9.17) is 0 Å². The molecule has 3 nitrogen and oxygen atoms in total. The molecule has 1 fully saturated rings. The molecule has 0 unspecified atom stereocenters. The molecular weight excluding hydrogens is 200 g/mol. The molecule has 0 aromatic heterocycles. The fraction of sp³-hybridized carbons (Fsp3) is 0.462. The Labute approximate surface area is 96.5 Å². The van der Waals surface area contributed by atoms with Crippen molar-refractivity contribution in [2.45, 2.75) is 12.8 Å². The number of carbonyl (C=O) groups excluding carboxylic acids is 1. The molecule has 1 amide bonds. The molecule has 0 atom stereocenters. The second-order valence-corrected chi connectivity index (χ2v) is 4.18. The zero-order valence-corrected chi connectivity index (χ0v) is 9.48. The van der Waals surface area contributed by atoms with Crippen LogP contribution in [0.3, 0.4) is 0 Å². The van der Waals surface area contributed by atoms with Crippen LogP contribution in [0.2, 0.25) is 0 Å². The van der Waals surface area contributed by atoms with E-state index < -0.39 is 0 Å². The summed E-state index contributed by atoms with van der Waals surface area (Å²) < 4.78 is 0. The number of amides is 1. The molecule has 0 spiro atoms. The monoisotopic (exact) mass is 218 g/mol. The SMILES string of the molecule is O=C1CCN(CCc2ccccc2)CCN1. The first-order chi connectivity index (χ1) is 7.84. The molecule has 2 rings (SSSR count). The summed E-state index contributed by atoms with van der Waals surface area (Å²) in [5.74, 6) is 0.183. The number of benzene rings is 1. The zero-order valence-electron chi connectivity index (χ0n) is 9.48. The summed E-state index contributed by atoms with van der Waals surface area (Å²) in [6.07, 6.45) is 1.70. The summed E-state index contributed by atoms with van der Waals surface area (Å²) in [5.41, 5.74) is 1.37. The Morgan fingerprint density at radius 2 is 2.00 bits per heavy atom. The molecule has 1 N–H and O–H groups in total. The quantitative estimate of drug-likeness (QED) is 0.822. The van der Waals surface area contributed by atoms with Gasteiger partial charge in [-0.2, -0.15) is 0 Å². The van der Waals surface area contributed by atoms with Crippen molar-refractivity contribution in [1.29, 1.82) is 0 Å². The van der Waals surface area contributed by atoms with Crippen molar-refractivity contribution < 1.29 is 4.79 Å². The lowest BCUT2D eigenvalue weighted by Gasteiger charge is -2.18. The smallest absolute Gasteiger partial charge is 0.221 e. The summed E-state index contributed by atoms with van der Waals surface area (Å²) in [7, 11) is 0. The van der Waals surface area contributed by atoms with Crippen LogP contribution in [0.1, 0.15) is 12.0 Å². The third kappa shape index (κ3) is 3.35. The molecule has 0 aliphatic carbocycles. The van der Waals surface area contributed by atoms with Crippen molar-refractivity contribution in [3.63, 3.8) is 0 Å². The highest BCUT2D eigenvalue weighted by Gasteiger charge is 2.12. The van der Waals surface area contributed by atoms with Gasteiger partial charge < -0.3 is 10.2 Å². The Balaban J connectivity index is 1.79. The number of hydrogen-bond acceptors (Lipinski definition) is 2. The molecular formula is C13H18N2O. The predicted octanol–water partition coefficient (Wildman–Crippen LogP) is 1.05. The van der Waals surface area contributed by atoms with E-state index >= 15 is 0 Å². The third-order valence-electron chi connectivity index (χ3n) is 2.96. The average molecular weight is 218 g/mol. The summed E-state index contributed by atoms with van der Waals surface area (Å²) in [5, 5.41) is 2.89. The molecule has 0 saturated carbocycles. The van der Waals surface area contributed by atoms with E-state index in [9.17, 15) is 4.79 Å². The second-order valence-electron chi connectivity index (χ2n) is 4.18. The maximum absolute atomic E-state index is 11.2. The van der Waals surface area contributed by atoms with Gasteiger partial charge in [0.05, 0.1) is 0 Å². The van der Waals surface area contributed by atoms with Crippen LogP contribution < -0.4 is 5.32 Å². The van der Waals surface area contributed by atoms with Gasteiger partial charge in [-0.05, 0) is 12.0 Å². The molecule has 16 heavy (non-hydrogen) atoms. The van der Waals surface area contributed by atoms with Crippen molar-refractivity contribution in [3.05, 3.63) is 35.9 Å². The van der Waals surface area contributed by atoms with Crippen LogP contribution in [0, 0.1) is 0 Å². The van der Waals surface area contributed by atoms with E-state index in [-0.39, 0.29) is 5.91 Å². The van der Waals surface area contributed by atoms with Crippen molar-refractivity contribution >= 4 is 5.91 Å². The van der Waals surface area contributed by atoms with Crippen molar-refractivity contribution in [2.24, 2.45) is 0 Å². The number of nitrogens with zero attached hydrogens (tertiary/aromatic N) is 1. The van der Waals surface area contributed by atoms with E-state index in [0.717, 1.165) is 32.6 Å². The van der Waals surface area contributed by atoms with Gasteiger partial charge in [0.25, 0.3) is 0 Å². The maximum atomic E-state index is 11.2. The lowest BCUT2D eigenvalue weighted by Crippen LogP contribution is -2.30. The topological polar surface area (TPSA) is 32.3 Å². The van der Waals surface area contributed by atoms with Gasteiger partial charge in [0.2, 0.25) is 5.91 Å². The molecule has 86 valence electrons. The lowest BCUT2D eigenvalue weighted by molar-refractivity contribution is -0.120. The van der Waals surface area contributed by atoms with Crippen LogP contribution in [-0.4, -0.2) is 37.0 Å². The highest BCUT2D eigenvalue weighted by molar-refractivity contribution is 5.76. The van der Waals surface area contributed by atoms with Crippen LogP contribution in [0.5, 0.6) is 0 Å². The standard InChI is InChI=1S/C13H18N2O/c16-13-7-10-15(11-8-14-13)9-6-12-4-2-1-3-5-12/h1-5H,6-11H2,(H,14,16). The molecule has 3 heteroatoms. The van der Waals surface area contributed by atoms with Crippen LogP contribution in [0.4, 0.5) is 0 Å². The van der Waals surface area contributed by atoms with E-state index in [0.29, 0.717) is 6.42 Å². The van der Waals surface area contributed by atoms with Gasteiger partial charge in [-0.25, -0.2) is 0 Å². The van der Waals surface area contributed by atoms with E-state index in [1.807, 2.05) is 6.07 Å². The lowest BCUT2D eigenvalue weighted by atomic mass is 10.1. The van der Waals surface area contributed by atoms with E-state index in [1.54, 1.807) is 0 Å². The number of rotatable bonds is 3. The fourth-order valence-corrected chi connectivity index (χ4v) is 1.97. The highest BCUT2D eigenvalue weighted by Crippen LogP contribution is 2.03. The summed E-state index contributed by atoms with van der Waals surface area (Å²) >= 11 is 0. The van der Waals surface area contributed by atoms with Gasteiger partial charge in [-0.3, -0.25) is 4.79 Å². The minimum absolute atomic E-state index is 0.183. The summed E-state index contributed by atoms with van der Waals surface area (Å²) in [6.45, 7) is 3.68. The van der Waals surface area contributed by atoms with Crippen molar-refractivity contribution in [1.82, 2.24) is 10.2 Å². The van der Waals surface area contributed by atoms with Gasteiger partial charge in [-0.1, -0.05) is 30.3 Å². The van der Waals surface area contributed by atoms with E-state index in [2.05, 4.69) is 34.5 Å². The Bertz CT molecular complexity index is 337. The van der Waals surface area contributed by atoms with Gasteiger partial charge in [0.15, 0.2) is 0 Å². The van der Waals surface area contributed by atoms with Gasteiger partial charge in [-0.15, -0.1) is 0 Å². The maximum Gasteiger partial charge on any atom is 0.221 e. The number of nitrogens with one attached hydrogen (secondary N) is 1. The molecule has 1 saturated heterocycles. The minimum Gasteiger partial charge on any atom is -0.355 e. The molecule has 0 bridgehead atoms. The van der Waals surface area contributed by atoms with Gasteiger partial charge >= 0.3 is 0 Å². The predicted molar refractivity (Wildman–Crippen MR) is 64.2 cm³/mol. The first kappa shape index (κ1) is 11.1. The van der Waals surface area contributed by atoms with Crippen molar-refractivity contribution in [3.8, 4) is 0 Å². The molecule has 1 aromatic rings. The minimum atomic E-state index is 0.183. The highest BCUT2D eigenvalue weighted by atomic mass is 16.1. The number of hydrogen-bond donors (Lipinski definition) is 1. The first-order valence-electron chi connectivity index (χ1n) is 5.87. The normalized spacial score (nSPS) is 17.9. The molecule has 1 aliphatic rings. The molecule has 1 heterocycles. The number of carbonyl (C=O) groups is 1. The summed E-state index contributed by atoms with van der Waals surface area (Å²) in [4.78, 5) is 13.5. The molecule has 0 radical (unpaired) electrons. The Kier molecular flexibility index (Phi) is 3.94. The molecule has 1 aliphatic heterocycles. The third-order valence-corrected chi connectivity index (χ3v) is 2.96. The zero-order chi connectivity index (χ0) is 11.2.